The van der Waals surface area contributed by atoms with E-state index in [9.17, 15) is 13.2 Å². The fourth-order valence-corrected chi connectivity index (χ4v) is 4.63. The first kappa shape index (κ1) is 23.1. The molecular formula is C21H22ClN3O4S2. The van der Waals surface area contributed by atoms with Crippen molar-refractivity contribution in [2.45, 2.75) is 26.4 Å². The minimum absolute atomic E-state index is 0.0614. The van der Waals surface area contributed by atoms with Crippen molar-refractivity contribution < 1.29 is 17.9 Å². The van der Waals surface area contributed by atoms with Gasteiger partial charge in [-0.3, -0.25) is 9.52 Å². The second-order valence-electron chi connectivity index (χ2n) is 6.70. The number of anilines is 2. The summed E-state index contributed by atoms with van der Waals surface area (Å²) in [5, 5.41) is 6.01. The Kier molecular flexibility index (Phi) is 7.89. The highest BCUT2D eigenvalue weighted by Gasteiger charge is 2.11. The Morgan fingerprint density at radius 2 is 1.77 bits per heavy atom. The molecule has 3 rings (SSSR count). The molecule has 0 aliphatic rings. The highest BCUT2D eigenvalue weighted by Crippen LogP contribution is 2.19. The number of carbonyl (C=O) groups is 1. The predicted octanol–water partition coefficient (Wildman–Crippen LogP) is 4.71. The van der Waals surface area contributed by atoms with Crippen molar-refractivity contribution in [3.63, 3.8) is 0 Å². The Morgan fingerprint density at radius 3 is 2.45 bits per heavy atom. The summed E-state index contributed by atoms with van der Waals surface area (Å²) in [4.78, 5) is 16.7. The first-order chi connectivity index (χ1) is 14.8. The molecule has 10 heteroatoms. The average Bonchev–Trinajstić information content (AvgIpc) is 3.16. The number of amides is 1. The van der Waals surface area contributed by atoms with Gasteiger partial charge in [0, 0.05) is 21.8 Å². The van der Waals surface area contributed by atoms with E-state index in [4.69, 9.17) is 16.3 Å². The summed E-state index contributed by atoms with van der Waals surface area (Å²) in [6, 6.07) is 13.6. The first-order valence-electron chi connectivity index (χ1n) is 9.55. The number of sulfonamides is 1. The van der Waals surface area contributed by atoms with Gasteiger partial charge < -0.3 is 10.1 Å². The van der Waals surface area contributed by atoms with E-state index in [1.807, 2.05) is 5.38 Å². The number of nitrogens with one attached hydrogen (secondary N) is 2. The third kappa shape index (κ3) is 7.54. The maximum absolute atomic E-state index is 12.3. The van der Waals surface area contributed by atoms with Crippen LogP contribution >= 0.6 is 22.9 Å². The minimum Gasteiger partial charge on any atom is -0.486 e. The number of aromatic nitrogens is 1. The van der Waals surface area contributed by atoms with Crippen LogP contribution in [0.3, 0.4) is 0 Å². The Bertz CT molecular complexity index is 1110. The molecule has 0 aliphatic carbocycles. The van der Waals surface area contributed by atoms with Gasteiger partial charge in [-0.1, -0.05) is 18.5 Å². The smallest absolute Gasteiger partial charge is 0.232 e. The molecule has 1 aromatic heterocycles. The highest BCUT2D eigenvalue weighted by atomic mass is 35.5. The van der Waals surface area contributed by atoms with Crippen molar-refractivity contribution in [2.24, 2.45) is 0 Å². The lowest BCUT2D eigenvalue weighted by Gasteiger charge is -2.08. The zero-order chi connectivity index (χ0) is 22.3. The second-order valence-corrected chi connectivity index (χ2v) is 9.92. The third-order valence-electron chi connectivity index (χ3n) is 4.03. The Morgan fingerprint density at radius 1 is 1.10 bits per heavy atom. The lowest BCUT2D eigenvalue weighted by atomic mass is 10.2. The van der Waals surface area contributed by atoms with Crippen LogP contribution < -0.4 is 14.8 Å². The van der Waals surface area contributed by atoms with Gasteiger partial charge in [-0.2, -0.15) is 0 Å². The molecule has 1 amide bonds. The van der Waals surface area contributed by atoms with Crippen molar-refractivity contribution in [2.75, 3.05) is 15.8 Å². The summed E-state index contributed by atoms with van der Waals surface area (Å²) < 4.78 is 31.8. The molecule has 2 N–H and O–H groups in total. The molecule has 1 heterocycles. The molecule has 0 aliphatic heterocycles. The molecule has 3 aromatic rings. The zero-order valence-electron chi connectivity index (χ0n) is 16.8. The van der Waals surface area contributed by atoms with Crippen LogP contribution in [0.4, 0.5) is 11.4 Å². The van der Waals surface area contributed by atoms with Gasteiger partial charge in [-0.15, -0.1) is 11.3 Å². The van der Waals surface area contributed by atoms with Crippen LogP contribution in [0, 0.1) is 0 Å². The monoisotopic (exact) mass is 479 g/mol. The van der Waals surface area contributed by atoms with Crippen LogP contribution in [0.25, 0.3) is 0 Å². The molecule has 0 fully saturated rings. The number of halogens is 1. The summed E-state index contributed by atoms with van der Waals surface area (Å²) in [5.74, 6) is 0.542. The number of nitrogens with zero attached hydrogens (tertiary/aromatic N) is 1. The fraction of sp³-hybridized carbons (Fsp3) is 0.238. The number of benzene rings is 2. The third-order valence-corrected chi connectivity index (χ3v) is 6.65. The number of rotatable bonds is 10. The van der Waals surface area contributed by atoms with Gasteiger partial charge >= 0.3 is 0 Å². The van der Waals surface area contributed by atoms with E-state index in [1.165, 1.54) is 11.3 Å². The van der Waals surface area contributed by atoms with E-state index < -0.39 is 10.0 Å². The van der Waals surface area contributed by atoms with Crippen LogP contribution in [0.15, 0.2) is 53.9 Å². The molecule has 0 bridgehead atoms. The average molecular weight is 480 g/mol. The van der Waals surface area contributed by atoms with Crippen LogP contribution in [0.5, 0.6) is 5.75 Å². The summed E-state index contributed by atoms with van der Waals surface area (Å²) in [5.41, 5.74) is 1.68. The van der Waals surface area contributed by atoms with Crippen molar-refractivity contribution in [1.82, 2.24) is 4.98 Å². The second kappa shape index (κ2) is 10.6. The quantitative estimate of drug-likeness (QED) is 0.439. The maximum atomic E-state index is 12.3. The number of carbonyl (C=O) groups excluding carboxylic acids is 1. The largest absolute Gasteiger partial charge is 0.486 e. The molecular weight excluding hydrogens is 458 g/mol. The number of hydrogen-bond donors (Lipinski definition) is 2. The predicted molar refractivity (Wildman–Crippen MR) is 124 cm³/mol. The van der Waals surface area contributed by atoms with Gasteiger partial charge in [-0.05, 0) is 55.0 Å². The van der Waals surface area contributed by atoms with E-state index in [2.05, 4.69) is 15.0 Å². The van der Waals surface area contributed by atoms with Gasteiger partial charge in [0.1, 0.15) is 17.4 Å². The number of hydrogen-bond acceptors (Lipinski definition) is 6. The minimum atomic E-state index is -3.34. The zero-order valence-corrected chi connectivity index (χ0v) is 19.2. The SMILES string of the molecule is CCCS(=O)(=O)Nc1ccc(NC(=O)Cc2csc(COc3ccc(Cl)cc3)n2)cc1. The molecule has 0 atom stereocenters. The van der Waals surface area contributed by atoms with E-state index in [-0.39, 0.29) is 18.1 Å². The molecule has 0 saturated heterocycles. The van der Waals surface area contributed by atoms with E-state index in [0.29, 0.717) is 40.9 Å². The van der Waals surface area contributed by atoms with Gasteiger partial charge in [0.05, 0.1) is 17.9 Å². The molecule has 164 valence electrons. The van der Waals surface area contributed by atoms with E-state index in [1.54, 1.807) is 55.5 Å². The topological polar surface area (TPSA) is 97.4 Å². The molecule has 0 radical (unpaired) electrons. The molecule has 7 nitrogen and oxygen atoms in total. The Balaban J connectivity index is 1.49. The molecule has 0 saturated carbocycles. The van der Waals surface area contributed by atoms with Crippen LogP contribution in [-0.4, -0.2) is 25.1 Å². The van der Waals surface area contributed by atoms with E-state index >= 15 is 0 Å². The Hall–Kier alpha value is -2.62. The number of ether oxygens (including phenoxy) is 1. The first-order valence-corrected chi connectivity index (χ1v) is 12.5. The van der Waals surface area contributed by atoms with Gasteiger partial charge in [0.2, 0.25) is 15.9 Å². The molecule has 2 aromatic carbocycles. The van der Waals surface area contributed by atoms with Gasteiger partial charge in [0.25, 0.3) is 0 Å². The van der Waals surface area contributed by atoms with Gasteiger partial charge in [0.15, 0.2) is 0 Å². The normalized spacial score (nSPS) is 11.2. The van der Waals surface area contributed by atoms with Crippen molar-refractivity contribution in [3.8, 4) is 5.75 Å². The molecule has 31 heavy (non-hydrogen) atoms. The number of thiazole rings is 1. The van der Waals surface area contributed by atoms with Crippen molar-refractivity contribution in [3.05, 3.63) is 69.6 Å². The summed E-state index contributed by atoms with van der Waals surface area (Å²) >= 11 is 7.28. The van der Waals surface area contributed by atoms with Crippen LogP contribution in [0.2, 0.25) is 5.02 Å². The maximum Gasteiger partial charge on any atom is 0.232 e. The summed E-state index contributed by atoms with van der Waals surface area (Å²) in [7, 11) is -3.34. The molecule has 0 unspecified atom stereocenters. The van der Waals surface area contributed by atoms with E-state index in [0.717, 1.165) is 5.01 Å². The summed E-state index contributed by atoms with van der Waals surface area (Å²) in [6.45, 7) is 2.11. The lowest BCUT2D eigenvalue weighted by molar-refractivity contribution is -0.115. The standard InChI is InChI=1S/C21H22ClN3O4S2/c1-2-11-31(27,28)25-17-7-5-16(6-8-17)23-20(26)12-18-14-30-21(24-18)13-29-19-9-3-15(22)4-10-19/h3-10,14,25H,2,11-13H2,1H3,(H,23,26). The molecule has 0 spiro atoms. The van der Waals surface area contributed by atoms with Crippen molar-refractivity contribution >= 4 is 50.2 Å². The van der Waals surface area contributed by atoms with Crippen molar-refractivity contribution in [1.29, 1.82) is 0 Å². The fourth-order valence-electron chi connectivity index (χ4n) is 2.66. The lowest BCUT2D eigenvalue weighted by Crippen LogP contribution is -2.16. The van der Waals surface area contributed by atoms with Gasteiger partial charge in [-0.25, -0.2) is 13.4 Å². The Labute approximate surface area is 190 Å². The van der Waals surface area contributed by atoms with Crippen LogP contribution in [0.1, 0.15) is 24.0 Å². The highest BCUT2D eigenvalue weighted by molar-refractivity contribution is 7.92. The van der Waals surface area contributed by atoms with Crippen LogP contribution in [-0.2, 0) is 27.8 Å². The summed E-state index contributed by atoms with van der Waals surface area (Å²) in [6.07, 6.45) is 0.664.